The van der Waals surface area contributed by atoms with Gasteiger partial charge in [-0.05, 0) is 16.8 Å². The number of aromatic amines is 1. The van der Waals surface area contributed by atoms with Crippen LogP contribution in [0.2, 0.25) is 0 Å². The number of amides is 1. The quantitative estimate of drug-likeness (QED) is 0.412. The van der Waals surface area contributed by atoms with Crippen molar-refractivity contribution in [2.24, 2.45) is 5.10 Å². The molecule has 1 amide bonds. The largest absolute Gasteiger partial charge is 0.349 e. The van der Waals surface area contributed by atoms with E-state index in [4.69, 9.17) is 0 Å². The van der Waals surface area contributed by atoms with E-state index in [1.807, 2.05) is 42.5 Å². The second-order valence-corrected chi connectivity index (χ2v) is 8.37. The maximum absolute atomic E-state index is 12.6. The lowest BCUT2D eigenvalue weighted by Crippen LogP contribution is -2.20. The van der Waals surface area contributed by atoms with E-state index in [1.165, 1.54) is 0 Å². The van der Waals surface area contributed by atoms with Gasteiger partial charge in [0, 0.05) is 22.7 Å². The van der Waals surface area contributed by atoms with E-state index in [0.717, 1.165) is 22.6 Å². The number of fused-ring (bicyclic) bond motifs is 2. The van der Waals surface area contributed by atoms with Gasteiger partial charge in [0.2, 0.25) is 0 Å². The Morgan fingerprint density at radius 2 is 1.64 bits per heavy atom. The number of rotatable bonds is 4. The Kier molecular flexibility index (Phi) is 4.44. The Balaban J connectivity index is 1.67. The third-order valence-corrected chi connectivity index (χ3v) is 5.61. The summed E-state index contributed by atoms with van der Waals surface area (Å²) in [7, 11) is -3.61. The molecule has 3 aromatic carbocycles. The normalized spacial score (nSPS) is 12.0. The average Bonchev–Trinajstić information content (AvgIpc) is 3.08. The van der Waals surface area contributed by atoms with Gasteiger partial charge < -0.3 is 4.98 Å². The van der Waals surface area contributed by atoms with Gasteiger partial charge in [0.05, 0.1) is 6.21 Å². The van der Waals surface area contributed by atoms with Crippen LogP contribution in [0.5, 0.6) is 0 Å². The van der Waals surface area contributed by atoms with Gasteiger partial charge in [-0.3, -0.25) is 4.79 Å². The molecule has 140 valence electrons. The molecular formula is C21H17N3O3S. The first-order chi connectivity index (χ1) is 13.4. The molecule has 4 rings (SSSR count). The summed E-state index contributed by atoms with van der Waals surface area (Å²) in [6.45, 7) is 0. The van der Waals surface area contributed by atoms with Crippen LogP contribution < -0.4 is 5.43 Å². The molecule has 6 nitrogen and oxygen atoms in total. The third-order valence-electron chi connectivity index (χ3n) is 4.45. The van der Waals surface area contributed by atoms with Crippen molar-refractivity contribution in [1.29, 1.82) is 0 Å². The van der Waals surface area contributed by atoms with Crippen LogP contribution in [-0.2, 0) is 9.84 Å². The number of nitrogens with one attached hydrogen (secondary N) is 2. The zero-order chi connectivity index (χ0) is 19.7. The van der Waals surface area contributed by atoms with Gasteiger partial charge in [0.15, 0.2) is 9.84 Å². The summed E-state index contributed by atoms with van der Waals surface area (Å²) in [5.74, 6) is -0.617. The first-order valence-corrected chi connectivity index (χ1v) is 10.5. The van der Waals surface area contributed by atoms with Crippen LogP contribution in [0.4, 0.5) is 0 Å². The summed E-state index contributed by atoms with van der Waals surface area (Å²) in [5, 5.41) is 6.57. The number of benzene rings is 3. The minimum Gasteiger partial charge on any atom is -0.349 e. The molecule has 0 aliphatic heterocycles. The summed E-state index contributed by atoms with van der Waals surface area (Å²) in [5.41, 5.74) is 3.81. The van der Waals surface area contributed by atoms with E-state index in [0.29, 0.717) is 10.9 Å². The van der Waals surface area contributed by atoms with Crippen LogP contribution in [0, 0.1) is 0 Å². The number of hydrazone groups is 1. The number of nitrogens with zero attached hydrogens (tertiary/aromatic N) is 1. The number of carbonyl (C=O) groups excluding carboxylic acids is 1. The fourth-order valence-corrected chi connectivity index (χ4v) is 4.33. The molecule has 1 aromatic heterocycles. The monoisotopic (exact) mass is 391 g/mol. The van der Waals surface area contributed by atoms with Gasteiger partial charge in [-0.25, -0.2) is 13.8 Å². The molecule has 0 aliphatic rings. The molecule has 0 aliphatic carbocycles. The van der Waals surface area contributed by atoms with Crippen molar-refractivity contribution in [2.45, 2.75) is 4.90 Å². The highest BCUT2D eigenvalue weighted by atomic mass is 32.2. The van der Waals surface area contributed by atoms with Gasteiger partial charge in [0.1, 0.15) is 10.6 Å². The lowest BCUT2D eigenvalue weighted by molar-refractivity contribution is 0.0947. The Morgan fingerprint density at radius 1 is 0.964 bits per heavy atom. The SMILES string of the molecule is CS(=O)(=O)c1c(C(=O)N/N=C/c2cccc3ccccc23)[nH]c2ccccc12. The van der Waals surface area contributed by atoms with Crippen molar-refractivity contribution in [1.82, 2.24) is 10.4 Å². The highest BCUT2D eigenvalue weighted by Crippen LogP contribution is 2.26. The van der Waals surface area contributed by atoms with Gasteiger partial charge in [-0.1, -0.05) is 60.7 Å². The standard InChI is InChI=1S/C21H17N3O3S/c1-28(26,27)20-17-11-4-5-12-18(17)23-19(20)21(25)24-22-13-15-9-6-8-14-7-2-3-10-16(14)15/h2-13,23H,1H3,(H,24,25)/b22-13+. The zero-order valence-corrected chi connectivity index (χ0v) is 15.8. The van der Waals surface area contributed by atoms with E-state index < -0.39 is 15.7 Å². The number of H-pyrrole nitrogens is 1. The van der Waals surface area contributed by atoms with E-state index >= 15 is 0 Å². The molecule has 0 atom stereocenters. The minimum atomic E-state index is -3.61. The summed E-state index contributed by atoms with van der Waals surface area (Å²) in [4.78, 5) is 15.5. The molecule has 2 N–H and O–H groups in total. The summed E-state index contributed by atoms with van der Waals surface area (Å²) < 4.78 is 24.5. The smallest absolute Gasteiger partial charge is 0.289 e. The van der Waals surface area contributed by atoms with Gasteiger partial charge in [-0.2, -0.15) is 5.10 Å². The van der Waals surface area contributed by atoms with Gasteiger partial charge >= 0.3 is 0 Å². The van der Waals surface area contributed by atoms with Crippen LogP contribution in [0.1, 0.15) is 16.1 Å². The number of hydrogen-bond donors (Lipinski definition) is 2. The van der Waals surface area contributed by atoms with Crippen LogP contribution in [0.15, 0.2) is 76.7 Å². The molecule has 1 heterocycles. The minimum absolute atomic E-state index is 0.0269. The number of carbonyl (C=O) groups is 1. The zero-order valence-electron chi connectivity index (χ0n) is 15.0. The lowest BCUT2D eigenvalue weighted by atomic mass is 10.1. The van der Waals surface area contributed by atoms with Gasteiger partial charge in [-0.15, -0.1) is 0 Å². The van der Waals surface area contributed by atoms with E-state index in [2.05, 4.69) is 15.5 Å². The molecule has 0 spiro atoms. The fourth-order valence-electron chi connectivity index (χ4n) is 3.24. The van der Waals surface area contributed by atoms with Crippen molar-refractivity contribution in [3.05, 3.63) is 78.0 Å². The lowest BCUT2D eigenvalue weighted by Gasteiger charge is -2.03. The topological polar surface area (TPSA) is 91.4 Å². The molecular weight excluding hydrogens is 374 g/mol. The summed E-state index contributed by atoms with van der Waals surface area (Å²) >= 11 is 0. The average molecular weight is 391 g/mol. The Morgan fingerprint density at radius 3 is 2.43 bits per heavy atom. The van der Waals surface area contributed by atoms with Crippen molar-refractivity contribution in [3.63, 3.8) is 0 Å². The molecule has 0 saturated heterocycles. The van der Waals surface area contributed by atoms with Crippen molar-refractivity contribution in [3.8, 4) is 0 Å². The van der Waals surface area contributed by atoms with Crippen LogP contribution >= 0.6 is 0 Å². The molecule has 4 aromatic rings. The predicted molar refractivity (Wildman–Crippen MR) is 110 cm³/mol. The fraction of sp³-hybridized carbons (Fsp3) is 0.0476. The van der Waals surface area contributed by atoms with Gasteiger partial charge in [0.25, 0.3) is 5.91 Å². The second-order valence-electron chi connectivity index (χ2n) is 6.41. The molecule has 28 heavy (non-hydrogen) atoms. The van der Waals surface area contributed by atoms with Crippen molar-refractivity contribution in [2.75, 3.05) is 6.26 Å². The Hall–Kier alpha value is -3.45. The second kappa shape index (κ2) is 6.94. The van der Waals surface area contributed by atoms with E-state index in [-0.39, 0.29) is 10.6 Å². The maximum atomic E-state index is 12.6. The first kappa shape index (κ1) is 17.9. The van der Waals surface area contributed by atoms with Crippen LogP contribution in [0.3, 0.4) is 0 Å². The predicted octanol–water partition coefficient (Wildman–Crippen LogP) is 3.49. The molecule has 7 heteroatoms. The molecule has 0 saturated carbocycles. The van der Waals surface area contributed by atoms with E-state index in [9.17, 15) is 13.2 Å². The number of sulfone groups is 1. The van der Waals surface area contributed by atoms with Crippen molar-refractivity contribution >= 4 is 43.6 Å². The number of para-hydroxylation sites is 1. The van der Waals surface area contributed by atoms with Crippen molar-refractivity contribution < 1.29 is 13.2 Å². The number of hydrogen-bond acceptors (Lipinski definition) is 4. The first-order valence-electron chi connectivity index (χ1n) is 8.57. The summed E-state index contributed by atoms with van der Waals surface area (Å²) in [6, 6.07) is 20.5. The number of aromatic nitrogens is 1. The molecule has 0 unspecified atom stereocenters. The van der Waals surface area contributed by atoms with Crippen LogP contribution in [-0.4, -0.2) is 31.8 Å². The maximum Gasteiger partial charge on any atom is 0.289 e. The Labute approximate surface area is 161 Å². The summed E-state index contributed by atoms with van der Waals surface area (Å²) in [6.07, 6.45) is 2.63. The Bertz CT molecular complexity index is 1330. The van der Waals surface area contributed by atoms with E-state index in [1.54, 1.807) is 30.5 Å². The molecule has 0 bridgehead atoms. The van der Waals surface area contributed by atoms with Crippen LogP contribution in [0.25, 0.3) is 21.7 Å². The highest BCUT2D eigenvalue weighted by molar-refractivity contribution is 7.91. The molecule has 0 fully saturated rings. The third kappa shape index (κ3) is 3.27. The molecule has 0 radical (unpaired) electrons. The highest BCUT2D eigenvalue weighted by Gasteiger charge is 2.24.